The first-order valence-corrected chi connectivity index (χ1v) is 8.89. The summed E-state index contributed by atoms with van der Waals surface area (Å²) >= 11 is 1.65. The van der Waals surface area contributed by atoms with Crippen LogP contribution in [0, 0.1) is 5.82 Å². The standard InChI is InChI=1S/C17H21FN4OS/c1-13-11-21(7-8-22(13)17-19-6-9-24-17)12-16(23)20-10-14-2-4-15(18)5-3-14/h2-6,9,13H,7-8,10-12H2,1H3,(H,20,23). The number of amides is 1. The topological polar surface area (TPSA) is 48.5 Å². The number of nitrogens with zero attached hydrogens (tertiary/aromatic N) is 3. The number of thiazole rings is 1. The number of carbonyl (C=O) groups is 1. The molecule has 1 aliphatic heterocycles. The summed E-state index contributed by atoms with van der Waals surface area (Å²) < 4.78 is 12.9. The van der Waals surface area contributed by atoms with Crippen LogP contribution < -0.4 is 10.2 Å². The highest BCUT2D eigenvalue weighted by molar-refractivity contribution is 7.13. The zero-order valence-electron chi connectivity index (χ0n) is 13.6. The van der Waals surface area contributed by atoms with Crippen LogP contribution in [-0.4, -0.2) is 48.0 Å². The van der Waals surface area contributed by atoms with Gasteiger partial charge in [0, 0.05) is 43.8 Å². The molecule has 0 spiro atoms. The van der Waals surface area contributed by atoms with E-state index in [9.17, 15) is 9.18 Å². The second-order valence-electron chi connectivity index (χ2n) is 6.00. The average Bonchev–Trinajstić information content (AvgIpc) is 3.09. The van der Waals surface area contributed by atoms with Crippen molar-refractivity contribution in [2.24, 2.45) is 0 Å². The van der Waals surface area contributed by atoms with Gasteiger partial charge in [-0.15, -0.1) is 11.3 Å². The maximum atomic E-state index is 12.9. The Morgan fingerprint density at radius 3 is 2.83 bits per heavy atom. The molecule has 128 valence electrons. The van der Waals surface area contributed by atoms with Gasteiger partial charge in [-0.2, -0.15) is 0 Å². The van der Waals surface area contributed by atoms with Crippen LogP contribution in [0.4, 0.5) is 9.52 Å². The van der Waals surface area contributed by atoms with Crippen molar-refractivity contribution in [3.05, 3.63) is 47.2 Å². The van der Waals surface area contributed by atoms with E-state index in [-0.39, 0.29) is 11.7 Å². The maximum absolute atomic E-state index is 12.9. The van der Waals surface area contributed by atoms with Gasteiger partial charge in [-0.3, -0.25) is 9.69 Å². The van der Waals surface area contributed by atoms with E-state index in [0.29, 0.717) is 19.1 Å². The number of anilines is 1. The molecule has 3 rings (SSSR count). The zero-order chi connectivity index (χ0) is 16.9. The lowest BCUT2D eigenvalue weighted by Gasteiger charge is -2.39. The molecule has 5 nitrogen and oxygen atoms in total. The van der Waals surface area contributed by atoms with E-state index >= 15 is 0 Å². The third-order valence-electron chi connectivity index (χ3n) is 4.15. The fraction of sp³-hybridized carbons (Fsp3) is 0.412. The summed E-state index contributed by atoms with van der Waals surface area (Å²) in [5, 5.41) is 5.92. The number of halogens is 1. The Hall–Kier alpha value is -1.99. The summed E-state index contributed by atoms with van der Waals surface area (Å²) in [6.07, 6.45) is 1.82. The van der Waals surface area contributed by atoms with Crippen molar-refractivity contribution in [1.29, 1.82) is 0 Å². The molecule has 0 aliphatic carbocycles. The number of carbonyl (C=O) groups excluding carboxylic acids is 1. The Labute approximate surface area is 145 Å². The molecular weight excluding hydrogens is 327 g/mol. The molecule has 1 aromatic carbocycles. The second kappa shape index (κ2) is 7.72. The van der Waals surface area contributed by atoms with E-state index in [1.54, 1.807) is 23.5 Å². The average molecular weight is 348 g/mol. The van der Waals surface area contributed by atoms with Crippen LogP contribution in [0.3, 0.4) is 0 Å². The minimum absolute atomic E-state index is 0.00535. The quantitative estimate of drug-likeness (QED) is 0.899. The SMILES string of the molecule is CC1CN(CC(=O)NCc2ccc(F)cc2)CCN1c1nccs1. The Bertz CT molecular complexity index is 662. The summed E-state index contributed by atoms with van der Waals surface area (Å²) in [4.78, 5) is 20.9. The van der Waals surface area contributed by atoms with Gasteiger partial charge in [0.1, 0.15) is 5.82 Å². The van der Waals surface area contributed by atoms with E-state index < -0.39 is 0 Å². The summed E-state index contributed by atoms with van der Waals surface area (Å²) in [7, 11) is 0. The van der Waals surface area contributed by atoms with Crippen LogP contribution in [0.2, 0.25) is 0 Å². The summed E-state index contributed by atoms with van der Waals surface area (Å²) in [6, 6.07) is 6.51. The van der Waals surface area contributed by atoms with E-state index in [4.69, 9.17) is 0 Å². The molecule has 1 aliphatic rings. The first-order valence-electron chi connectivity index (χ1n) is 8.01. The Kier molecular flexibility index (Phi) is 5.42. The van der Waals surface area contributed by atoms with Gasteiger partial charge < -0.3 is 10.2 Å². The molecule has 2 aromatic rings. The van der Waals surface area contributed by atoms with Crippen molar-refractivity contribution in [2.75, 3.05) is 31.1 Å². The summed E-state index contributed by atoms with van der Waals surface area (Å²) in [5.74, 6) is -0.272. The Balaban J connectivity index is 1.45. The van der Waals surface area contributed by atoms with Crippen molar-refractivity contribution in [3.8, 4) is 0 Å². The number of aromatic nitrogens is 1. The number of hydrogen-bond donors (Lipinski definition) is 1. The second-order valence-corrected chi connectivity index (χ2v) is 6.87. The molecule has 7 heteroatoms. The molecule has 0 radical (unpaired) electrons. The van der Waals surface area contributed by atoms with E-state index in [1.807, 2.05) is 11.6 Å². The van der Waals surface area contributed by atoms with Crippen LogP contribution in [-0.2, 0) is 11.3 Å². The number of nitrogens with one attached hydrogen (secondary N) is 1. The number of rotatable bonds is 5. The number of hydrogen-bond acceptors (Lipinski definition) is 5. The van der Waals surface area contributed by atoms with Crippen LogP contribution in [0.5, 0.6) is 0 Å². The van der Waals surface area contributed by atoms with Gasteiger partial charge in [0.15, 0.2) is 5.13 Å². The van der Waals surface area contributed by atoms with Crippen LogP contribution >= 0.6 is 11.3 Å². The lowest BCUT2D eigenvalue weighted by Crippen LogP contribution is -2.54. The normalized spacial score (nSPS) is 18.6. The molecule has 2 heterocycles. The van der Waals surface area contributed by atoms with Crippen molar-refractivity contribution < 1.29 is 9.18 Å². The highest BCUT2D eigenvalue weighted by Crippen LogP contribution is 2.22. The lowest BCUT2D eigenvalue weighted by atomic mass is 10.2. The van der Waals surface area contributed by atoms with Gasteiger partial charge in [0.05, 0.1) is 6.54 Å². The third kappa shape index (κ3) is 4.30. The minimum Gasteiger partial charge on any atom is -0.351 e. The van der Waals surface area contributed by atoms with Crippen molar-refractivity contribution in [3.63, 3.8) is 0 Å². The molecule has 1 unspecified atom stereocenters. The van der Waals surface area contributed by atoms with Gasteiger partial charge in [0.25, 0.3) is 0 Å². The largest absolute Gasteiger partial charge is 0.351 e. The Morgan fingerprint density at radius 2 is 2.17 bits per heavy atom. The molecule has 1 fully saturated rings. The van der Waals surface area contributed by atoms with Gasteiger partial charge in [0.2, 0.25) is 5.91 Å². The molecule has 0 saturated carbocycles. The van der Waals surface area contributed by atoms with Crippen LogP contribution in [0.15, 0.2) is 35.8 Å². The number of benzene rings is 1. The predicted molar refractivity (Wildman–Crippen MR) is 93.6 cm³/mol. The highest BCUT2D eigenvalue weighted by atomic mass is 32.1. The molecule has 24 heavy (non-hydrogen) atoms. The van der Waals surface area contributed by atoms with Crippen molar-refractivity contribution >= 4 is 22.4 Å². The monoisotopic (exact) mass is 348 g/mol. The van der Waals surface area contributed by atoms with Gasteiger partial charge in [-0.25, -0.2) is 9.37 Å². The Morgan fingerprint density at radius 1 is 1.38 bits per heavy atom. The van der Waals surface area contributed by atoms with Crippen LogP contribution in [0.25, 0.3) is 0 Å². The predicted octanol–water partition coefficient (Wildman–Crippen LogP) is 2.11. The smallest absolute Gasteiger partial charge is 0.234 e. The van der Waals surface area contributed by atoms with Crippen molar-refractivity contribution in [1.82, 2.24) is 15.2 Å². The highest BCUT2D eigenvalue weighted by Gasteiger charge is 2.26. The van der Waals surface area contributed by atoms with E-state index in [0.717, 1.165) is 30.3 Å². The first-order chi connectivity index (χ1) is 11.6. The van der Waals surface area contributed by atoms with E-state index in [2.05, 4.69) is 27.0 Å². The third-order valence-corrected chi connectivity index (χ3v) is 4.96. The zero-order valence-corrected chi connectivity index (χ0v) is 14.4. The fourth-order valence-corrected chi connectivity index (χ4v) is 3.65. The van der Waals surface area contributed by atoms with Gasteiger partial charge in [-0.1, -0.05) is 12.1 Å². The first kappa shape index (κ1) is 16.9. The lowest BCUT2D eigenvalue weighted by molar-refractivity contribution is -0.122. The molecule has 1 atom stereocenters. The summed E-state index contributed by atoms with van der Waals surface area (Å²) in [6.45, 7) is 5.52. The van der Waals surface area contributed by atoms with Crippen LogP contribution in [0.1, 0.15) is 12.5 Å². The minimum atomic E-state index is -0.267. The molecule has 1 N–H and O–H groups in total. The van der Waals surface area contributed by atoms with E-state index in [1.165, 1.54) is 12.1 Å². The van der Waals surface area contributed by atoms with Gasteiger partial charge in [-0.05, 0) is 24.6 Å². The molecular formula is C17H21FN4OS. The fourth-order valence-electron chi connectivity index (χ4n) is 2.88. The van der Waals surface area contributed by atoms with Gasteiger partial charge >= 0.3 is 0 Å². The molecule has 1 aromatic heterocycles. The maximum Gasteiger partial charge on any atom is 0.234 e. The molecule has 1 saturated heterocycles. The molecule has 1 amide bonds. The number of piperazine rings is 1. The summed E-state index contributed by atoms with van der Waals surface area (Å²) in [5.41, 5.74) is 0.895. The van der Waals surface area contributed by atoms with Crippen molar-refractivity contribution in [2.45, 2.75) is 19.5 Å². The molecule has 0 bridgehead atoms.